The molecular weight excluding hydrogens is 226 g/mol. The third-order valence-electron chi connectivity index (χ3n) is 1.94. The number of hydrogen-bond acceptors (Lipinski definition) is 7. The van der Waals surface area contributed by atoms with Crippen LogP contribution in [-0.4, -0.2) is 33.8 Å². The van der Waals surface area contributed by atoms with Crippen LogP contribution in [0.15, 0.2) is 11.0 Å². The molecule has 0 amide bonds. The molecule has 0 aromatic carbocycles. The Bertz CT molecular complexity index is 582. The van der Waals surface area contributed by atoms with E-state index >= 15 is 0 Å². The lowest BCUT2D eigenvalue weighted by Crippen LogP contribution is -2.11. The van der Waals surface area contributed by atoms with Crippen LogP contribution in [-0.2, 0) is 16.1 Å². The van der Waals surface area contributed by atoms with Crippen molar-refractivity contribution in [3.63, 3.8) is 0 Å². The Kier molecular flexibility index (Phi) is 3.26. The van der Waals surface area contributed by atoms with Gasteiger partial charge in [0, 0.05) is 7.11 Å². The maximum absolute atomic E-state index is 11.1. The van der Waals surface area contributed by atoms with Crippen LogP contribution in [0.4, 0.5) is 5.82 Å². The van der Waals surface area contributed by atoms with E-state index < -0.39 is 0 Å². The molecule has 0 aliphatic heterocycles. The lowest BCUT2D eigenvalue weighted by molar-refractivity contribution is -0.0411. The predicted molar refractivity (Wildman–Crippen MR) is 59.0 cm³/mol. The highest BCUT2D eigenvalue weighted by atomic mass is 16.7. The number of anilines is 1. The number of aromatic amines is 1. The van der Waals surface area contributed by atoms with Crippen LogP contribution < -0.4 is 11.3 Å². The average molecular weight is 237 g/mol. The number of nitrogen functional groups attached to an aromatic ring is 1. The van der Waals surface area contributed by atoms with Gasteiger partial charge in [0.15, 0.2) is 17.3 Å². The summed E-state index contributed by atoms with van der Waals surface area (Å²) in [5.41, 5.74) is 5.99. The fourth-order valence-electron chi connectivity index (χ4n) is 1.29. The molecule has 0 unspecified atom stereocenters. The van der Waals surface area contributed by atoms with Gasteiger partial charge in [-0.15, -0.1) is 0 Å². The van der Waals surface area contributed by atoms with E-state index in [1.807, 2.05) is 0 Å². The zero-order valence-corrected chi connectivity index (χ0v) is 9.14. The van der Waals surface area contributed by atoms with Gasteiger partial charge in [0.1, 0.15) is 18.9 Å². The van der Waals surface area contributed by atoms with Crippen LogP contribution in [0.5, 0.6) is 0 Å². The molecule has 0 saturated heterocycles. The molecule has 0 fully saturated rings. The van der Waals surface area contributed by atoms with Crippen LogP contribution in [0.25, 0.3) is 11.2 Å². The van der Waals surface area contributed by atoms with Gasteiger partial charge < -0.3 is 20.2 Å². The molecule has 90 valence electrons. The first-order valence-electron chi connectivity index (χ1n) is 4.79. The number of nitrogens with one attached hydrogen (secondary N) is 1. The largest absolute Gasteiger partial charge is 0.382 e. The molecule has 0 radical (unpaired) electrons. The van der Waals surface area contributed by atoms with E-state index in [0.29, 0.717) is 17.0 Å². The number of hydrogen-bond donors (Lipinski definition) is 2. The molecule has 2 rings (SSSR count). The number of methoxy groups -OCH3 is 1. The minimum Gasteiger partial charge on any atom is -0.382 e. The number of ether oxygens (including phenoxy) is 2. The molecule has 0 atom stereocenters. The van der Waals surface area contributed by atoms with Gasteiger partial charge >= 0.3 is 0 Å². The third-order valence-corrected chi connectivity index (χ3v) is 1.94. The van der Waals surface area contributed by atoms with Crippen molar-refractivity contribution >= 4 is 17.0 Å². The molecule has 0 saturated carbocycles. The van der Waals surface area contributed by atoms with Gasteiger partial charge in [0.05, 0.1) is 6.20 Å². The van der Waals surface area contributed by atoms with Crippen molar-refractivity contribution in [3.8, 4) is 0 Å². The quantitative estimate of drug-likeness (QED) is 0.539. The molecular formula is C9H11N5O3. The second-order valence-electron chi connectivity index (χ2n) is 3.22. The smallest absolute Gasteiger partial charge is 0.268 e. The minimum atomic E-state index is -0.348. The van der Waals surface area contributed by atoms with Crippen molar-refractivity contribution in [2.75, 3.05) is 19.6 Å². The van der Waals surface area contributed by atoms with E-state index in [4.69, 9.17) is 15.2 Å². The molecule has 0 aliphatic carbocycles. The molecule has 17 heavy (non-hydrogen) atoms. The van der Waals surface area contributed by atoms with Crippen molar-refractivity contribution in [1.82, 2.24) is 19.9 Å². The normalized spacial score (nSPS) is 10.9. The molecule has 8 nitrogen and oxygen atoms in total. The number of H-pyrrole nitrogens is 1. The molecule has 2 aromatic heterocycles. The van der Waals surface area contributed by atoms with Crippen molar-refractivity contribution in [2.45, 2.75) is 6.61 Å². The Balaban J connectivity index is 2.36. The summed E-state index contributed by atoms with van der Waals surface area (Å²) in [4.78, 5) is 25.6. The Hall–Kier alpha value is -2.06. The van der Waals surface area contributed by atoms with Gasteiger partial charge in [0.2, 0.25) is 0 Å². The number of aromatic nitrogens is 4. The van der Waals surface area contributed by atoms with E-state index in [9.17, 15) is 4.79 Å². The fraction of sp³-hybridized carbons (Fsp3) is 0.333. The van der Waals surface area contributed by atoms with Crippen molar-refractivity contribution < 1.29 is 9.47 Å². The number of nitrogens with two attached hydrogens (primary N) is 1. The third kappa shape index (κ3) is 2.55. The predicted octanol–water partition coefficient (Wildman–Crippen LogP) is -0.584. The average Bonchev–Trinajstić information content (AvgIpc) is 2.28. The van der Waals surface area contributed by atoms with Gasteiger partial charge in [0.25, 0.3) is 5.56 Å². The first-order valence-corrected chi connectivity index (χ1v) is 4.79. The van der Waals surface area contributed by atoms with Gasteiger partial charge in [-0.25, -0.2) is 15.0 Å². The maximum atomic E-state index is 11.1. The van der Waals surface area contributed by atoms with Crippen LogP contribution >= 0.6 is 0 Å². The maximum Gasteiger partial charge on any atom is 0.268 e. The zero-order valence-electron chi connectivity index (χ0n) is 9.14. The lowest BCUT2D eigenvalue weighted by atomic mass is 10.4. The summed E-state index contributed by atoms with van der Waals surface area (Å²) in [6.45, 7) is 0.274. The monoisotopic (exact) mass is 237 g/mol. The lowest BCUT2D eigenvalue weighted by Gasteiger charge is -2.04. The van der Waals surface area contributed by atoms with Gasteiger partial charge in [-0.05, 0) is 0 Å². The zero-order chi connectivity index (χ0) is 12.3. The molecule has 0 aliphatic rings. The van der Waals surface area contributed by atoms with E-state index in [0.717, 1.165) is 6.20 Å². The topological polar surface area (TPSA) is 116 Å². The van der Waals surface area contributed by atoms with Gasteiger partial charge in [-0.1, -0.05) is 0 Å². The minimum absolute atomic E-state index is 0.130. The van der Waals surface area contributed by atoms with Crippen LogP contribution in [0.3, 0.4) is 0 Å². The number of nitrogens with zero attached hydrogens (tertiary/aromatic N) is 3. The molecule has 0 bridgehead atoms. The molecule has 2 aromatic rings. The van der Waals surface area contributed by atoms with Crippen LogP contribution in [0.2, 0.25) is 0 Å². The summed E-state index contributed by atoms with van der Waals surface area (Å²) < 4.78 is 9.81. The fourth-order valence-corrected chi connectivity index (χ4v) is 1.29. The van der Waals surface area contributed by atoms with E-state index in [-0.39, 0.29) is 24.8 Å². The first kappa shape index (κ1) is 11.4. The Labute approximate surface area is 95.8 Å². The van der Waals surface area contributed by atoms with Crippen molar-refractivity contribution in [1.29, 1.82) is 0 Å². The molecule has 2 heterocycles. The first-order chi connectivity index (χ1) is 8.20. The summed E-state index contributed by atoms with van der Waals surface area (Å²) in [5.74, 6) is 0.554. The van der Waals surface area contributed by atoms with E-state index in [1.54, 1.807) is 0 Å². The highest BCUT2D eigenvalue weighted by molar-refractivity contribution is 5.80. The highest BCUT2D eigenvalue weighted by Crippen LogP contribution is 2.11. The van der Waals surface area contributed by atoms with E-state index in [1.165, 1.54) is 7.11 Å². The summed E-state index contributed by atoms with van der Waals surface area (Å²) >= 11 is 0. The van der Waals surface area contributed by atoms with E-state index in [2.05, 4.69) is 19.9 Å². The summed E-state index contributed by atoms with van der Waals surface area (Å²) in [5, 5.41) is 0. The Morgan fingerprint density at radius 3 is 3.06 bits per heavy atom. The SMILES string of the molecule is COCOCc1nc(N)c2ncc(=O)[nH]c2n1. The highest BCUT2D eigenvalue weighted by Gasteiger charge is 2.07. The van der Waals surface area contributed by atoms with Crippen LogP contribution in [0, 0.1) is 0 Å². The van der Waals surface area contributed by atoms with Crippen molar-refractivity contribution in [2.24, 2.45) is 0 Å². The second kappa shape index (κ2) is 4.85. The second-order valence-corrected chi connectivity index (χ2v) is 3.22. The summed E-state index contributed by atoms with van der Waals surface area (Å²) in [6.07, 6.45) is 1.13. The standard InChI is InChI=1S/C9H11N5O3/c1-16-4-17-3-5-12-8(10)7-9(13-5)14-6(15)2-11-7/h2H,3-4H2,1H3,(H3,10,12,13,14,15). The van der Waals surface area contributed by atoms with Crippen LogP contribution in [0.1, 0.15) is 5.82 Å². The summed E-state index contributed by atoms with van der Waals surface area (Å²) in [6, 6.07) is 0. The van der Waals surface area contributed by atoms with Crippen molar-refractivity contribution in [3.05, 3.63) is 22.4 Å². The van der Waals surface area contributed by atoms with Gasteiger partial charge in [-0.2, -0.15) is 0 Å². The number of rotatable bonds is 4. The Morgan fingerprint density at radius 2 is 2.29 bits per heavy atom. The summed E-state index contributed by atoms with van der Waals surface area (Å²) in [7, 11) is 1.51. The molecule has 3 N–H and O–H groups in total. The molecule has 0 spiro atoms. The molecule has 8 heteroatoms. The Morgan fingerprint density at radius 1 is 1.47 bits per heavy atom. The van der Waals surface area contributed by atoms with Gasteiger partial charge in [-0.3, -0.25) is 4.79 Å². The number of fused-ring (bicyclic) bond motifs is 1.